The molecule has 2 aromatic carbocycles. The van der Waals surface area contributed by atoms with E-state index < -0.39 is 5.97 Å². The van der Waals surface area contributed by atoms with Crippen molar-refractivity contribution in [3.63, 3.8) is 0 Å². The van der Waals surface area contributed by atoms with Gasteiger partial charge in [0.2, 0.25) is 11.5 Å². The van der Waals surface area contributed by atoms with Crippen LogP contribution in [0.25, 0.3) is 6.08 Å². The Labute approximate surface area is 277 Å². The monoisotopic (exact) mass is 663 g/mol. The normalized spacial score (nSPS) is 21.0. The quantitative estimate of drug-likeness (QED) is 0.207. The highest BCUT2D eigenvalue weighted by molar-refractivity contribution is 5.91. The molecule has 11 nitrogen and oxygen atoms in total. The Morgan fingerprint density at radius 3 is 1.43 bits per heavy atom. The second-order valence-corrected chi connectivity index (χ2v) is 11.2. The van der Waals surface area contributed by atoms with Gasteiger partial charge in [-0.3, -0.25) is 0 Å². The zero-order valence-corrected chi connectivity index (χ0v) is 28.2. The van der Waals surface area contributed by atoms with Crippen LogP contribution in [0, 0.1) is 0 Å². The summed E-state index contributed by atoms with van der Waals surface area (Å²) in [5.41, 5.74) is 1.10. The van der Waals surface area contributed by atoms with E-state index in [4.69, 9.17) is 37.9 Å². The average molecular weight is 664 g/mol. The highest BCUT2D eigenvalue weighted by atomic mass is 35.5. The summed E-state index contributed by atoms with van der Waals surface area (Å²) in [6.45, 7) is 0. The number of hydrogen-bond acceptors (Lipinski definition) is 11. The van der Waals surface area contributed by atoms with E-state index in [1.807, 2.05) is 0 Å². The summed E-state index contributed by atoms with van der Waals surface area (Å²) < 4.78 is 43.7. The van der Waals surface area contributed by atoms with E-state index in [0.717, 1.165) is 56.9 Å². The molecular weight excluding hydrogens is 618 g/mol. The molecule has 2 fully saturated rings. The summed E-state index contributed by atoms with van der Waals surface area (Å²) in [4.78, 5) is 25.4. The number of rotatable bonds is 13. The second-order valence-electron chi connectivity index (χ2n) is 11.2. The van der Waals surface area contributed by atoms with Crippen molar-refractivity contribution in [2.24, 2.45) is 0 Å². The third-order valence-electron chi connectivity index (χ3n) is 8.38. The number of carbonyl (C=O) groups excluding carboxylic acids is 2. The predicted octanol–water partition coefficient (Wildman–Crippen LogP) is 5.79. The van der Waals surface area contributed by atoms with Gasteiger partial charge in [0.1, 0.15) is 12.2 Å². The molecule has 0 saturated heterocycles. The molecule has 0 atom stereocenters. The van der Waals surface area contributed by atoms with Gasteiger partial charge in [-0.1, -0.05) is 0 Å². The maximum atomic E-state index is 12.9. The van der Waals surface area contributed by atoms with Crippen LogP contribution in [0.4, 0.5) is 0 Å². The van der Waals surface area contributed by atoms with E-state index in [2.05, 4.69) is 5.32 Å². The fraction of sp³-hybridized carbons (Fsp3) is 0.529. The Balaban J connectivity index is 0.00000576. The van der Waals surface area contributed by atoms with Gasteiger partial charge >= 0.3 is 11.9 Å². The molecule has 2 aliphatic rings. The number of hydrogen-bond donors (Lipinski definition) is 1. The van der Waals surface area contributed by atoms with Crippen molar-refractivity contribution in [1.82, 2.24) is 5.32 Å². The van der Waals surface area contributed by atoms with Crippen molar-refractivity contribution in [3.05, 3.63) is 41.5 Å². The van der Waals surface area contributed by atoms with E-state index in [-0.39, 0.29) is 30.6 Å². The maximum absolute atomic E-state index is 12.9. The van der Waals surface area contributed by atoms with Gasteiger partial charge in [0.25, 0.3) is 0 Å². The summed E-state index contributed by atoms with van der Waals surface area (Å²) >= 11 is 0. The van der Waals surface area contributed by atoms with Gasteiger partial charge in [0, 0.05) is 18.2 Å². The van der Waals surface area contributed by atoms with Crippen LogP contribution < -0.4 is 33.7 Å². The van der Waals surface area contributed by atoms with Crippen molar-refractivity contribution >= 4 is 30.4 Å². The van der Waals surface area contributed by atoms with Crippen LogP contribution in [0.15, 0.2) is 30.3 Å². The first-order valence-corrected chi connectivity index (χ1v) is 15.3. The minimum Gasteiger partial charge on any atom is -0.493 e. The molecule has 2 aliphatic carbocycles. The first-order valence-electron chi connectivity index (χ1n) is 15.3. The minimum absolute atomic E-state index is 0. The Morgan fingerprint density at radius 2 is 1.02 bits per heavy atom. The van der Waals surface area contributed by atoms with Gasteiger partial charge in [-0.15, -0.1) is 12.4 Å². The van der Waals surface area contributed by atoms with E-state index in [0.29, 0.717) is 52.1 Å². The number of benzene rings is 2. The molecule has 4 rings (SSSR count). The molecule has 254 valence electrons. The summed E-state index contributed by atoms with van der Waals surface area (Å²) in [6.07, 6.45) is 9.78. The average Bonchev–Trinajstić information content (AvgIpc) is 3.07. The number of halogens is 1. The molecule has 12 heteroatoms. The Kier molecular flexibility index (Phi) is 14.1. The number of nitrogens with one attached hydrogen (secondary N) is 1. The van der Waals surface area contributed by atoms with Gasteiger partial charge in [0.15, 0.2) is 23.0 Å². The highest BCUT2D eigenvalue weighted by Gasteiger charge is 2.29. The number of carbonyl (C=O) groups is 2. The molecule has 0 bridgehead atoms. The Morgan fingerprint density at radius 1 is 0.609 bits per heavy atom. The van der Waals surface area contributed by atoms with Crippen molar-refractivity contribution in [1.29, 1.82) is 0 Å². The van der Waals surface area contributed by atoms with E-state index in [9.17, 15) is 9.59 Å². The molecule has 0 amide bonds. The smallest absolute Gasteiger partial charge is 0.338 e. The second kappa shape index (κ2) is 17.8. The van der Waals surface area contributed by atoms with Gasteiger partial charge < -0.3 is 43.2 Å². The molecule has 0 heterocycles. The van der Waals surface area contributed by atoms with Crippen LogP contribution in [-0.2, 0) is 14.3 Å². The zero-order chi connectivity index (χ0) is 32.3. The molecule has 0 unspecified atom stereocenters. The maximum Gasteiger partial charge on any atom is 0.338 e. The lowest BCUT2D eigenvalue weighted by Crippen LogP contribution is -2.44. The van der Waals surface area contributed by atoms with Crippen molar-refractivity contribution in [3.8, 4) is 34.5 Å². The minimum atomic E-state index is -0.406. The molecule has 46 heavy (non-hydrogen) atoms. The third kappa shape index (κ3) is 9.35. The zero-order valence-electron chi connectivity index (χ0n) is 27.4. The third-order valence-corrected chi connectivity index (χ3v) is 8.38. The number of ether oxygens (including phenoxy) is 8. The van der Waals surface area contributed by atoms with Crippen LogP contribution in [0.5, 0.6) is 34.5 Å². The standard InChI is InChI=1S/C34H45NO10.ClH/c1-38-27-17-21(18-28(39-2)32(27)42-5)7-16-31(36)44-25-12-8-23(9-13-25)35-24-10-14-26(15-11-24)45-34(37)22-19-29(40-3)33(43-6)30(20-22)41-4;/h7,16-20,23-26,35H,8-15H2,1-6H3;1H/b16-7+;. The topological polar surface area (TPSA) is 120 Å². The van der Waals surface area contributed by atoms with Crippen molar-refractivity contribution in [2.45, 2.75) is 75.7 Å². The molecule has 0 aromatic heterocycles. The van der Waals surface area contributed by atoms with Crippen LogP contribution in [-0.4, -0.2) is 78.9 Å². The molecule has 2 aromatic rings. The molecule has 0 radical (unpaired) electrons. The van der Waals surface area contributed by atoms with Gasteiger partial charge in [-0.2, -0.15) is 0 Å². The molecule has 2 saturated carbocycles. The largest absolute Gasteiger partial charge is 0.493 e. The Hall–Kier alpha value is -3.83. The van der Waals surface area contributed by atoms with Crippen LogP contribution >= 0.6 is 12.4 Å². The van der Waals surface area contributed by atoms with Gasteiger partial charge in [-0.25, -0.2) is 9.59 Å². The van der Waals surface area contributed by atoms with E-state index in [1.165, 1.54) is 27.4 Å². The van der Waals surface area contributed by atoms with Crippen LogP contribution in [0.1, 0.15) is 67.3 Å². The first kappa shape index (κ1) is 36.6. The molecule has 0 spiro atoms. The van der Waals surface area contributed by atoms with Gasteiger partial charge in [-0.05, 0) is 87.3 Å². The van der Waals surface area contributed by atoms with Crippen LogP contribution in [0.2, 0.25) is 0 Å². The fourth-order valence-electron chi connectivity index (χ4n) is 6.01. The number of methoxy groups -OCH3 is 6. The fourth-order valence-corrected chi connectivity index (χ4v) is 6.01. The SMILES string of the molecule is COc1cc(/C=C/C(=O)OC2CCC(NC3CCC(OC(=O)c4cc(OC)c(OC)c(OC)c4)CC3)CC2)cc(OC)c1OC.Cl. The summed E-state index contributed by atoms with van der Waals surface area (Å²) in [6, 6.07) is 7.50. The summed E-state index contributed by atoms with van der Waals surface area (Å²) in [5, 5.41) is 3.78. The van der Waals surface area contributed by atoms with Crippen molar-refractivity contribution in [2.75, 3.05) is 42.7 Å². The lowest BCUT2D eigenvalue weighted by atomic mass is 9.88. The lowest BCUT2D eigenvalue weighted by Gasteiger charge is -2.35. The first-order chi connectivity index (χ1) is 21.8. The predicted molar refractivity (Wildman–Crippen MR) is 175 cm³/mol. The number of esters is 2. The van der Waals surface area contributed by atoms with Gasteiger partial charge in [0.05, 0.1) is 48.2 Å². The highest BCUT2D eigenvalue weighted by Crippen LogP contribution is 2.39. The van der Waals surface area contributed by atoms with Crippen molar-refractivity contribution < 1.29 is 47.5 Å². The van der Waals surface area contributed by atoms with E-state index >= 15 is 0 Å². The Bertz CT molecular complexity index is 1280. The summed E-state index contributed by atoms with van der Waals surface area (Å²) in [7, 11) is 9.19. The molecule has 0 aliphatic heterocycles. The molecular formula is C34H46ClNO10. The van der Waals surface area contributed by atoms with Crippen LogP contribution in [0.3, 0.4) is 0 Å². The van der Waals surface area contributed by atoms with E-state index in [1.54, 1.807) is 51.7 Å². The molecule has 1 N–H and O–H groups in total. The lowest BCUT2D eigenvalue weighted by molar-refractivity contribution is -0.144. The summed E-state index contributed by atoms with van der Waals surface area (Å²) in [5.74, 6) is 1.99.